The molecule has 0 saturated carbocycles. The number of halogens is 1. The predicted octanol–water partition coefficient (Wildman–Crippen LogP) is 4.28. The molecule has 8 heteroatoms. The summed E-state index contributed by atoms with van der Waals surface area (Å²) in [6.45, 7) is 2.10. The van der Waals surface area contributed by atoms with Crippen molar-refractivity contribution < 1.29 is 4.79 Å². The van der Waals surface area contributed by atoms with Crippen LogP contribution < -0.4 is 10.7 Å². The van der Waals surface area contributed by atoms with Gasteiger partial charge in [0.1, 0.15) is 5.25 Å². The molecule has 0 aliphatic carbocycles. The van der Waals surface area contributed by atoms with E-state index in [9.17, 15) is 4.79 Å². The fourth-order valence-electron chi connectivity index (χ4n) is 3.16. The van der Waals surface area contributed by atoms with E-state index in [1.54, 1.807) is 12.1 Å². The normalized spacial score (nSPS) is 18.2. The first-order chi connectivity index (χ1) is 13.7. The lowest BCUT2D eigenvalue weighted by molar-refractivity contribution is -0.116. The largest absolute Gasteiger partial charge is 0.324 e. The maximum Gasteiger partial charge on any atom is 0.240 e. The second-order valence-electron chi connectivity index (χ2n) is 6.51. The zero-order valence-electron chi connectivity index (χ0n) is 15.3. The van der Waals surface area contributed by atoms with Gasteiger partial charge in [0.25, 0.3) is 0 Å². The summed E-state index contributed by atoms with van der Waals surface area (Å²) in [6.07, 6.45) is 1.79. The van der Waals surface area contributed by atoms with E-state index >= 15 is 0 Å². The number of para-hydroxylation sites is 1. The number of carbonyl (C=O) groups is 1. The van der Waals surface area contributed by atoms with Crippen LogP contribution >= 0.6 is 23.4 Å². The summed E-state index contributed by atoms with van der Waals surface area (Å²) >= 11 is 7.63. The van der Waals surface area contributed by atoms with Crippen molar-refractivity contribution >= 4 is 35.0 Å². The molecule has 3 aromatic rings. The number of carbonyl (C=O) groups excluding carboxylic acids is 1. The highest BCUT2D eigenvalue weighted by Crippen LogP contribution is 2.38. The minimum absolute atomic E-state index is 0.134. The number of nitrogens with one attached hydrogen (secondary N) is 2. The van der Waals surface area contributed by atoms with E-state index in [1.165, 1.54) is 11.8 Å². The summed E-state index contributed by atoms with van der Waals surface area (Å²) in [6, 6.07) is 16.9. The molecular formula is C20H20ClN5OS. The predicted molar refractivity (Wildman–Crippen MR) is 112 cm³/mol. The molecule has 144 valence electrons. The zero-order chi connectivity index (χ0) is 19.5. The van der Waals surface area contributed by atoms with E-state index in [0.29, 0.717) is 15.9 Å². The Morgan fingerprint density at radius 2 is 1.93 bits per heavy atom. The molecule has 0 bridgehead atoms. The number of rotatable bonds is 5. The first kappa shape index (κ1) is 18.8. The van der Waals surface area contributed by atoms with Gasteiger partial charge in [0, 0.05) is 6.42 Å². The van der Waals surface area contributed by atoms with Crippen LogP contribution in [-0.2, 0) is 11.2 Å². The van der Waals surface area contributed by atoms with Crippen LogP contribution in [-0.4, -0.2) is 26.0 Å². The van der Waals surface area contributed by atoms with Gasteiger partial charge >= 0.3 is 0 Å². The Labute approximate surface area is 172 Å². The molecule has 2 aromatic carbocycles. The van der Waals surface area contributed by atoms with Crippen molar-refractivity contribution in [3.63, 3.8) is 0 Å². The Balaban J connectivity index is 1.67. The summed E-state index contributed by atoms with van der Waals surface area (Å²) in [5.74, 6) is 0.738. The summed E-state index contributed by atoms with van der Waals surface area (Å²) in [4.78, 5) is 13.2. The number of hydrogen-bond acceptors (Lipinski definition) is 5. The Hall–Kier alpha value is -2.51. The van der Waals surface area contributed by atoms with Gasteiger partial charge in [0.2, 0.25) is 11.1 Å². The number of anilines is 1. The number of aryl methyl sites for hydroxylation is 1. The highest BCUT2D eigenvalue weighted by molar-refractivity contribution is 8.00. The second-order valence-corrected chi connectivity index (χ2v) is 8.03. The highest BCUT2D eigenvalue weighted by atomic mass is 35.5. The third kappa shape index (κ3) is 3.72. The number of thioether (sulfide) groups is 1. The van der Waals surface area contributed by atoms with Gasteiger partial charge in [-0.3, -0.25) is 4.79 Å². The van der Waals surface area contributed by atoms with Crippen LogP contribution in [0.1, 0.15) is 30.8 Å². The van der Waals surface area contributed by atoms with Gasteiger partial charge < -0.3 is 10.7 Å². The van der Waals surface area contributed by atoms with Gasteiger partial charge in [-0.25, -0.2) is 4.68 Å². The topological polar surface area (TPSA) is 71.8 Å². The van der Waals surface area contributed by atoms with Gasteiger partial charge in [0.15, 0.2) is 5.82 Å². The van der Waals surface area contributed by atoms with Crippen molar-refractivity contribution in [3.05, 3.63) is 71.0 Å². The minimum atomic E-state index is -0.426. The molecule has 0 fully saturated rings. The van der Waals surface area contributed by atoms with Crippen LogP contribution in [0.3, 0.4) is 0 Å². The summed E-state index contributed by atoms with van der Waals surface area (Å²) in [7, 11) is 0. The van der Waals surface area contributed by atoms with Gasteiger partial charge in [0.05, 0.1) is 16.8 Å². The molecule has 2 heterocycles. The molecule has 2 unspecified atom stereocenters. The second kappa shape index (κ2) is 8.24. The van der Waals surface area contributed by atoms with E-state index in [0.717, 1.165) is 24.2 Å². The SMILES string of the molecule is CCCc1nnc2n1NC(c1ccccc1)C(C(=O)Nc1ccccc1Cl)S2. The van der Waals surface area contributed by atoms with Crippen LogP contribution in [0.2, 0.25) is 5.02 Å². The summed E-state index contributed by atoms with van der Waals surface area (Å²) in [5.41, 5.74) is 5.08. The molecule has 0 saturated heterocycles. The average Bonchev–Trinajstić information content (AvgIpc) is 3.11. The van der Waals surface area contributed by atoms with E-state index in [4.69, 9.17) is 11.6 Å². The Bertz CT molecular complexity index is 978. The monoisotopic (exact) mass is 413 g/mol. The van der Waals surface area contributed by atoms with Crippen LogP contribution in [0.15, 0.2) is 59.8 Å². The van der Waals surface area contributed by atoms with Gasteiger partial charge in [-0.2, -0.15) is 0 Å². The highest BCUT2D eigenvalue weighted by Gasteiger charge is 2.37. The lowest BCUT2D eigenvalue weighted by atomic mass is 10.0. The zero-order valence-corrected chi connectivity index (χ0v) is 16.9. The van der Waals surface area contributed by atoms with Crippen molar-refractivity contribution in [2.75, 3.05) is 10.7 Å². The van der Waals surface area contributed by atoms with Crippen molar-refractivity contribution in [1.29, 1.82) is 0 Å². The number of fused-ring (bicyclic) bond motifs is 1. The van der Waals surface area contributed by atoms with Crippen LogP contribution in [0.5, 0.6) is 0 Å². The van der Waals surface area contributed by atoms with Crippen molar-refractivity contribution in [2.45, 2.75) is 36.2 Å². The molecule has 2 atom stereocenters. The maximum atomic E-state index is 13.2. The Morgan fingerprint density at radius 3 is 2.68 bits per heavy atom. The fraction of sp³-hybridized carbons (Fsp3) is 0.250. The third-order valence-corrected chi connectivity index (χ3v) is 6.07. The average molecular weight is 414 g/mol. The number of aromatic nitrogens is 3. The first-order valence-corrected chi connectivity index (χ1v) is 10.4. The number of benzene rings is 2. The van der Waals surface area contributed by atoms with Crippen LogP contribution in [0, 0.1) is 0 Å². The van der Waals surface area contributed by atoms with E-state index in [2.05, 4.69) is 27.9 Å². The minimum Gasteiger partial charge on any atom is -0.324 e. The number of amides is 1. The van der Waals surface area contributed by atoms with Gasteiger partial charge in [-0.15, -0.1) is 10.2 Å². The molecule has 1 aliphatic heterocycles. The van der Waals surface area contributed by atoms with E-state index in [1.807, 2.05) is 47.1 Å². The first-order valence-electron chi connectivity index (χ1n) is 9.15. The number of nitrogens with zero attached hydrogens (tertiary/aromatic N) is 3. The van der Waals surface area contributed by atoms with Crippen LogP contribution in [0.4, 0.5) is 5.69 Å². The Kier molecular flexibility index (Phi) is 5.54. The molecule has 2 N–H and O–H groups in total. The molecule has 4 rings (SSSR count). The molecule has 1 aliphatic rings. The van der Waals surface area contributed by atoms with Crippen LogP contribution in [0.25, 0.3) is 0 Å². The standard InChI is InChI=1S/C20H20ClN5OS/c1-2-8-16-23-24-20-26(16)25-17(13-9-4-3-5-10-13)18(28-20)19(27)22-15-12-7-6-11-14(15)21/h3-7,9-12,17-18,25H,2,8H2,1H3,(H,22,27). The molecule has 28 heavy (non-hydrogen) atoms. The molecule has 6 nitrogen and oxygen atoms in total. The lowest BCUT2D eigenvalue weighted by Gasteiger charge is -2.33. The number of hydrogen-bond donors (Lipinski definition) is 2. The third-order valence-electron chi connectivity index (χ3n) is 4.53. The van der Waals surface area contributed by atoms with Crippen molar-refractivity contribution in [3.8, 4) is 0 Å². The van der Waals surface area contributed by atoms with E-state index in [-0.39, 0.29) is 11.9 Å². The maximum absolute atomic E-state index is 13.2. The quantitative estimate of drug-likeness (QED) is 0.653. The molecular weight excluding hydrogens is 394 g/mol. The van der Waals surface area contributed by atoms with Crippen molar-refractivity contribution in [2.24, 2.45) is 0 Å². The molecule has 1 aromatic heterocycles. The van der Waals surface area contributed by atoms with Gasteiger partial charge in [-0.1, -0.05) is 72.8 Å². The Morgan fingerprint density at radius 1 is 1.18 bits per heavy atom. The van der Waals surface area contributed by atoms with E-state index < -0.39 is 5.25 Å². The summed E-state index contributed by atoms with van der Waals surface area (Å²) < 4.78 is 1.91. The molecule has 1 amide bonds. The smallest absolute Gasteiger partial charge is 0.240 e. The fourth-order valence-corrected chi connectivity index (χ4v) is 4.44. The summed E-state index contributed by atoms with van der Waals surface area (Å²) in [5, 5.41) is 12.3. The lowest BCUT2D eigenvalue weighted by Crippen LogP contribution is -2.41. The van der Waals surface area contributed by atoms with Crippen molar-refractivity contribution in [1.82, 2.24) is 14.9 Å². The molecule has 0 spiro atoms. The van der Waals surface area contributed by atoms with Gasteiger partial charge in [-0.05, 0) is 24.1 Å². The molecule has 0 radical (unpaired) electrons.